The first-order valence-corrected chi connectivity index (χ1v) is 9.82. The van der Waals surface area contributed by atoms with E-state index in [-0.39, 0.29) is 23.5 Å². The summed E-state index contributed by atoms with van der Waals surface area (Å²) < 4.78 is 17.1. The number of imide groups is 1. The van der Waals surface area contributed by atoms with Crippen molar-refractivity contribution in [3.05, 3.63) is 33.7 Å². The number of carbonyl (C=O) groups is 2. The molecule has 1 aromatic rings. The minimum atomic E-state index is -0.307. The van der Waals surface area contributed by atoms with Crippen LogP contribution in [0.25, 0.3) is 0 Å². The first-order chi connectivity index (χ1) is 12.8. The number of carbonyl (C=O) groups excluding carboxylic acids is 2. The summed E-state index contributed by atoms with van der Waals surface area (Å²) in [6, 6.07) is 2.04. The van der Waals surface area contributed by atoms with E-state index in [9.17, 15) is 9.59 Å². The molecule has 1 atom stereocenters. The van der Waals surface area contributed by atoms with E-state index in [1.54, 1.807) is 7.11 Å². The summed E-state index contributed by atoms with van der Waals surface area (Å²) in [6.07, 6.45) is 5.07. The number of aryl methyl sites for hydroxylation is 1. The van der Waals surface area contributed by atoms with Gasteiger partial charge >= 0.3 is 0 Å². The summed E-state index contributed by atoms with van der Waals surface area (Å²) in [5.74, 6) is 1.46. The van der Waals surface area contributed by atoms with Gasteiger partial charge < -0.3 is 14.2 Å². The van der Waals surface area contributed by atoms with Crippen molar-refractivity contribution in [1.29, 1.82) is 0 Å². The molecule has 1 aromatic carbocycles. The topological polar surface area (TPSA) is 73.9 Å². The van der Waals surface area contributed by atoms with Gasteiger partial charge in [-0.3, -0.25) is 14.9 Å². The Balaban J connectivity index is 1.71. The van der Waals surface area contributed by atoms with Gasteiger partial charge in [0.1, 0.15) is 17.1 Å². The third kappa shape index (κ3) is 4.30. The van der Waals surface area contributed by atoms with E-state index < -0.39 is 0 Å². The number of benzene rings is 1. The van der Waals surface area contributed by atoms with E-state index in [4.69, 9.17) is 14.2 Å². The van der Waals surface area contributed by atoms with Crippen LogP contribution in [0, 0.1) is 13.8 Å². The maximum absolute atomic E-state index is 11.6. The van der Waals surface area contributed by atoms with Gasteiger partial charge in [-0.05, 0) is 81.0 Å². The fourth-order valence-electron chi connectivity index (χ4n) is 3.37. The highest BCUT2D eigenvalue weighted by Gasteiger charge is 2.33. The molecule has 2 amide bonds. The number of amides is 2. The van der Waals surface area contributed by atoms with Gasteiger partial charge in [0.2, 0.25) is 0 Å². The lowest BCUT2D eigenvalue weighted by Gasteiger charge is -2.37. The largest absolute Gasteiger partial charge is 0.487 e. The molecule has 1 fully saturated rings. The molecule has 2 heterocycles. The second kappa shape index (κ2) is 7.94. The lowest BCUT2D eigenvalue weighted by molar-refractivity contribution is -0.115. The number of hydrogen-bond donors (Lipinski definition) is 1. The summed E-state index contributed by atoms with van der Waals surface area (Å²) in [5, 5.41) is 1.97. The van der Waals surface area contributed by atoms with E-state index in [1.807, 2.05) is 26.0 Å². The quantitative estimate of drug-likeness (QED) is 0.583. The second-order valence-electron chi connectivity index (χ2n) is 7.17. The summed E-state index contributed by atoms with van der Waals surface area (Å²) >= 11 is 0.957. The lowest BCUT2D eigenvalue weighted by atomic mass is 9.87. The molecule has 2 aliphatic rings. The average Bonchev–Trinajstić information content (AvgIpc) is 2.95. The fourth-order valence-corrected chi connectivity index (χ4v) is 4.06. The summed E-state index contributed by atoms with van der Waals surface area (Å²) in [4.78, 5) is 23.3. The zero-order valence-electron chi connectivity index (χ0n) is 16.1. The Morgan fingerprint density at radius 2 is 2.11 bits per heavy atom. The Kier molecular flexibility index (Phi) is 5.81. The molecular weight excluding hydrogens is 366 g/mol. The molecule has 146 valence electrons. The van der Waals surface area contributed by atoms with Gasteiger partial charge in [0.15, 0.2) is 6.79 Å². The van der Waals surface area contributed by atoms with Crippen LogP contribution in [0.2, 0.25) is 0 Å². The molecule has 0 spiro atoms. The highest BCUT2D eigenvalue weighted by atomic mass is 32.2. The number of thioether (sulfide) groups is 1. The van der Waals surface area contributed by atoms with Crippen molar-refractivity contribution in [2.24, 2.45) is 0 Å². The number of methoxy groups -OCH3 is 1. The Labute approximate surface area is 163 Å². The van der Waals surface area contributed by atoms with Crippen LogP contribution in [0.15, 0.2) is 17.0 Å². The Morgan fingerprint density at radius 1 is 1.33 bits per heavy atom. The first-order valence-electron chi connectivity index (χ1n) is 9.00. The van der Waals surface area contributed by atoms with E-state index in [0.29, 0.717) is 11.3 Å². The molecule has 1 unspecified atom stereocenters. The molecule has 3 rings (SSSR count). The lowest BCUT2D eigenvalue weighted by Crippen LogP contribution is -2.36. The highest BCUT2D eigenvalue weighted by molar-refractivity contribution is 8.18. The molecular formula is C20H25NO5S. The monoisotopic (exact) mass is 391 g/mol. The maximum atomic E-state index is 11.6. The molecule has 0 aliphatic carbocycles. The number of ether oxygens (including phenoxy) is 3. The van der Waals surface area contributed by atoms with Crippen LogP contribution in [-0.4, -0.2) is 30.7 Å². The molecule has 0 bridgehead atoms. The van der Waals surface area contributed by atoms with Gasteiger partial charge in [-0.1, -0.05) is 6.08 Å². The van der Waals surface area contributed by atoms with E-state index >= 15 is 0 Å². The summed E-state index contributed by atoms with van der Waals surface area (Å²) in [5.41, 5.74) is 2.98. The predicted molar refractivity (Wildman–Crippen MR) is 104 cm³/mol. The normalized spacial score (nSPS) is 23.2. The number of hydrogen-bond acceptors (Lipinski definition) is 6. The number of fused-ring (bicyclic) bond motifs is 1. The molecule has 7 heteroatoms. The number of rotatable bonds is 6. The van der Waals surface area contributed by atoms with Gasteiger partial charge in [0.25, 0.3) is 11.1 Å². The van der Waals surface area contributed by atoms with Crippen molar-refractivity contribution in [3.63, 3.8) is 0 Å². The van der Waals surface area contributed by atoms with E-state index in [1.165, 1.54) is 0 Å². The Morgan fingerprint density at radius 3 is 2.78 bits per heavy atom. The van der Waals surface area contributed by atoms with Crippen molar-refractivity contribution >= 4 is 22.9 Å². The van der Waals surface area contributed by atoms with Gasteiger partial charge in [0.05, 0.1) is 4.91 Å². The molecule has 0 saturated carbocycles. The van der Waals surface area contributed by atoms with Crippen molar-refractivity contribution in [2.75, 3.05) is 13.9 Å². The van der Waals surface area contributed by atoms with Crippen molar-refractivity contribution < 1.29 is 23.8 Å². The second-order valence-corrected chi connectivity index (χ2v) is 8.18. The Hall–Kier alpha value is -1.99. The van der Waals surface area contributed by atoms with Crippen molar-refractivity contribution in [1.82, 2.24) is 5.32 Å². The number of allylic oxidation sites excluding steroid dienone is 1. The molecule has 1 saturated heterocycles. The third-order valence-corrected chi connectivity index (χ3v) is 5.98. The standard InChI is InChI=1S/C20H25NO5S/c1-12-13(2)17-14(10-15(12)25-11-24-4)7-9-20(3,26-17)8-5-6-16-18(22)21-19(23)27-16/h6,10H,5,7-9,11H2,1-4H3,(H,21,22,23). The molecule has 0 aromatic heterocycles. The van der Waals surface area contributed by atoms with E-state index in [2.05, 4.69) is 12.2 Å². The molecule has 2 aliphatic heterocycles. The zero-order valence-corrected chi connectivity index (χ0v) is 17.0. The van der Waals surface area contributed by atoms with Gasteiger partial charge in [-0.2, -0.15) is 0 Å². The van der Waals surface area contributed by atoms with Crippen molar-refractivity contribution in [2.45, 2.75) is 52.1 Å². The van der Waals surface area contributed by atoms with Crippen molar-refractivity contribution in [3.8, 4) is 11.5 Å². The van der Waals surface area contributed by atoms with Gasteiger partial charge in [0, 0.05) is 7.11 Å². The van der Waals surface area contributed by atoms with Gasteiger partial charge in [-0.25, -0.2) is 0 Å². The predicted octanol–water partition coefficient (Wildman–Crippen LogP) is 4.02. The smallest absolute Gasteiger partial charge is 0.290 e. The number of nitrogens with one attached hydrogen (secondary N) is 1. The maximum Gasteiger partial charge on any atom is 0.290 e. The highest BCUT2D eigenvalue weighted by Crippen LogP contribution is 2.42. The minimum absolute atomic E-state index is 0.223. The zero-order chi connectivity index (χ0) is 19.6. The molecule has 0 radical (unpaired) electrons. The summed E-state index contributed by atoms with van der Waals surface area (Å²) in [6.45, 7) is 6.39. The Bertz CT molecular complexity index is 804. The van der Waals surface area contributed by atoms with Crippen LogP contribution in [0.3, 0.4) is 0 Å². The van der Waals surface area contributed by atoms with Gasteiger partial charge in [-0.15, -0.1) is 0 Å². The fraction of sp³-hybridized carbons (Fsp3) is 0.500. The minimum Gasteiger partial charge on any atom is -0.487 e. The SMILES string of the molecule is COCOc1cc2c(c(C)c1C)OC(C)(CCC=C1SC(=O)NC1=O)CC2. The molecule has 27 heavy (non-hydrogen) atoms. The van der Waals surface area contributed by atoms with Crippen LogP contribution in [-0.2, 0) is 16.0 Å². The van der Waals surface area contributed by atoms with E-state index in [0.717, 1.165) is 59.2 Å². The first kappa shape index (κ1) is 19.8. The van der Waals surface area contributed by atoms with Crippen LogP contribution in [0.5, 0.6) is 11.5 Å². The van der Waals surface area contributed by atoms with Crippen LogP contribution in [0.4, 0.5) is 4.79 Å². The van der Waals surface area contributed by atoms with Crippen LogP contribution < -0.4 is 14.8 Å². The molecule has 1 N–H and O–H groups in total. The molecule has 6 nitrogen and oxygen atoms in total. The third-order valence-electron chi connectivity index (χ3n) is 5.12. The average molecular weight is 391 g/mol. The van der Waals surface area contributed by atoms with Crippen LogP contribution in [0.1, 0.15) is 42.9 Å². The van der Waals surface area contributed by atoms with Crippen LogP contribution >= 0.6 is 11.8 Å². The summed E-state index contributed by atoms with van der Waals surface area (Å²) in [7, 11) is 1.61.